The minimum Gasteiger partial charge on any atom is -0.333 e. The second-order valence-corrected chi connectivity index (χ2v) is 6.66. The van der Waals surface area contributed by atoms with Gasteiger partial charge in [-0.1, -0.05) is 12.1 Å². The summed E-state index contributed by atoms with van der Waals surface area (Å²) >= 11 is 1.49. The number of thiazole rings is 1. The molecule has 0 aliphatic heterocycles. The van der Waals surface area contributed by atoms with Gasteiger partial charge in [-0.25, -0.2) is 9.37 Å². The van der Waals surface area contributed by atoms with Gasteiger partial charge >= 0.3 is 0 Å². The van der Waals surface area contributed by atoms with Crippen molar-refractivity contribution in [2.75, 3.05) is 18.9 Å². The average molecular weight is 369 g/mol. The van der Waals surface area contributed by atoms with Crippen molar-refractivity contribution in [3.63, 3.8) is 0 Å². The molecule has 0 radical (unpaired) electrons. The minimum atomic E-state index is -0.379. The predicted octanol–water partition coefficient (Wildman–Crippen LogP) is 3.55. The molecular weight excluding hydrogens is 353 g/mol. The quantitative estimate of drug-likeness (QED) is 0.700. The maximum absolute atomic E-state index is 12.9. The number of benzene rings is 2. The molecule has 0 aliphatic carbocycles. The van der Waals surface area contributed by atoms with Gasteiger partial charge in [0.25, 0.3) is 0 Å². The van der Waals surface area contributed by atoms with Crippen LogP contribution in [0.4, 0.5) is 10.1 Å². The van der Waals surface area contributed by atoms with Crippen molar-refractivity contribution in [3.05, 3.63) is 65.4 Å². The largest absolute Gasteiger partial charge is 0.333 e. The monoisotopic (exact) mass is 369 g/mol. The number of halogens is 1. The fourth-order valence-electron chi connectivity index (χ4n) is 2.26. The van der Waals surface area contributed by atoms with Gasteiger partial charge in [-0.2, -0.15) is 0 Å². The van der Waals surface area contributed by atoms with Crippen LogP contribution in [0.1, 0.15) is 5.01 Å². The molecule has 26 heavy (non-hydrogen) atoms. The zero-order valence-corrected chi connectivity index (χ0v) is 14.8. The number of amides is 2. The van der Waals surface area contributed by atoms with E-state index >= 15 is 0 Å². The molecule has 2 amide bonds. The summed E-state index contributed by atoms with van der Waals surface area (Å²) in [6.07, 6.45) is 3.03. The Balaban J connectivity index is 1.56. The van der Waals surface area contributed by atoms with Gasteiger partial charge in [0, 0.05) is 18.8 Å². The first-order valence-corrected chi connectivity index (χ1v) is 8.67. The first-order valence-electron chi connectivity index (χ1n) is 7.85. The van der Waals surface area contributed by atoms with Crippen molar-refractivity contribution < 1.29 is 14.0 Å². The van der Waals surface area contributed by atoms with Gasteiger partial charge in [-0.05, 0) is 42.5 Å². The van der Waals surface area contributed by atoms with Gasteiger partial charge < -0.3 is 10.2 Å². The third-order valence-electron chi connectivity index (χ3n) is 3.56. The van der Waals surface area contributed by atoms with Gasteiger partial charge in [0.15, 0.2) is 0 Å². The van der Waals surface area contributed by atoms with E-state index in [1.54, 1.807) is 6.08 Å². The lowest BCUT2D eigenvalue weighted by atomic mass is 10.3. The molecular formula is C19H16FN3O2S. The lowest BCUT2D eigenvalue weighted by molar-refractivity contribution is -0.129. The minimum absolute atomic E-state index is 0.111. The van der Waals surface area contributed by atoms with E-state index in [9.17, 15) is 14.0 Å². The van der Waals surface area contributed by atoms with Crippen molar-refractivity contribution in [2.45, 2.75) is 0 Å². The van der Waals surface area contributed by atoms with Crippen LogP contribution in [0.25, 0.3) is 16.3 Å². The second-order valence-electron chi connectivity index (χ2n) is 5.60. The molecule has 3 rings (SSSR count). The predicted molar refractivity (Wildman–Crippen MR) is 101 cm³/mol. The Kier molecular flexibility index (Phi) is 5.38. The number of likely N-dealkylation sites (N-methyl/N-ethyl adjacent to an activating group) is 1. The SMILES string of the molecule is CN(CC(=O)Nc1ccc(F)cc1)C(=O)/C=C/c1nc2ccccc2s1. The topological polar surface area (TPSA) is 62.3 Å². The number of hydrogen-bond acceptors (Lipinski definition) is 4. The summed E-state index contributed by atoms with van der Waals surface area (Å²) in [5.41, 5.74) is 1.36. The summed E-state index contributed by atoms with van der Waals surface area (Å²) in [6.45, 7) is -0.111. The van der Waals surface area contributed by atoms with Crippen molar-refractivity contribution in [2.24, 2.45) is 0 Å². The Morgan fingerprint density at radius 2 is 1.92 bits per heavy atom. The van der Waals surface area contributed by atoms with Crippen LogP contribution in [0.15, 0.2) is 54.6 Å². The number of fused-ring (bicyclic) bond motifs is 1. The van der Waals surface area contributed by atoms with Crippen LogP contribution in [-0.2, 0) is 9.59 Å². The number of anilines is 1. The van der Waals surface area contributed by atoms with Crippen LogP contribution in [-0.4, -0.2) is 35.3 Å². The van der Waals surface area contributed by atoms with Gasteiger partial charge in [-0.15, -0.1) is 11.3 Å². The highest BCUT2D eigenvalue weighted by atomic mass is 32.1. The lowest BCUT2D eigenvalue weighted by Crippen LogP contribution is -2.33. The van der Waals surface area contributed by atoms with E-state index in [4.69, 9.17) is 0 Å². The summed E-state index contributed by atoms with van der Waals surface area (Å²) in [6, 6.07) is 13.2. The summed E-state index contributed by atoms with van der Waals surface area (Å²) in [7, 11) is 1.54. The molecule has 0 bridgehead atoms. The number of carbonyl (C=O) groups excluding carboxylic acids is 2. The Morgan fingerprint density at radius 1 is 1.19 bits per heavy atom. The smallest absolute Gasteiger partial charge is 0.246 e. The van der Waals surface area contributed by atoms with Gasteiger partial charge in [0.05, 0.1) is 16.8 Å². The number of nitrogens with one attached hydrogen (secondary N) is 1. The zero-order chi connectivity index (χ0) is 18.5. The highest BCUT2D eigenvalue weighted by Gasteiger charge is 2.11. The Bertz CT molecular complexity index is 933. The summed E-state index contributed by atoms with van der Waals surface area (Å²) in [5.74, 6) is -1.05. The van der Waals surface area contributed by atoms with E-state index in [1.807, 2.05) is 24.3 Å². The van der Waals surface area contributed by atoms with Crippen LogP contribution in [0.3, 0.4) is 0 Å². The standard InChI is InChI=1S/C19H16FN3O2S/c1-23(12-17(24)21-14-8-6-13(20)7-9-14)19(25)11-10-18-22-15-4-2-3-5-16(15)26-18/h2-11H,12H2,1H3,(H,21,24)/b11-10+. The van der Waals surface area contributed by atoms with E-state index < -0.39 is 0 Å². The zero-order valence-electron chi connectivity index (χ0n) is 14.0. The molecule has 5 nitrogen and oxygen atoms in total. The molecule has 7 heteroatoms. The Morgan fingerprint density at radius 3 is 2.65 bits per heavy atom. The van der Waals surface area contributed by atoms with Crippen molar-refractivity contribution in [3.8, 4) is 0 Å². The van der Waals surface area contributed by atoms with Crippen LogP contribution in [0.2, 0.25) is 0 Å². The fourth-order valence-corrected chi connectivity index (χ4v) is 3.13. The van der Waals surface area contributed by atoms with Crippen molar-refractivity contribution in [1.29, 1.82) is 0 Å². The highest BCUT2D eigenvalue weighted by Crippen LogP contribution is 2.22. The van der Waals surface area contributed by atoms with E-state index in [1.165, 1.54) is 53.6 Å². The van der Waals surface area contributed by atoms with Gasteiger partial charge in [-0.3, -0.25) is 9.59 Å². The first-order chi connectivity index (χ1) is 12.5. The van der Waals surface area contributed by atoms with E-state index in [2.05, 4.69) is 10.3 Å². The molecule has 1 N–H and O–H groups in total. The Labute approximate surface area is 153 Å². The van der Waals surface area contributed by atoms with Gasteiger partial charge in [0.2, 0.25) is 11.8 Å². The molecule has 0 atom stereocenters. The molecule has 1 heterocycles. The maximum Gasteiger partial charge on any atom is 0.246 e. The average Bonchev–Trinajstić information content (AvgIpc) is 3.04. The van der Waals surface area contributed by atoms with Crippen LogP contribution in [0.5, 0.6) is 0 Å². The Hall–Kier alpha value is -3.06. The lowest BCUT2D eigenvalue weighted by Gasteiger charge is -2.14. The summed E-state index contributed by atoms with van der Waals surface area (Å²) in [4.78, 5) is 29.8. The molecule has 0 unspecified atom stereocenters. The second kappa shape index (κ2) is 7.88. The molecule has 0 fully saturated rings. The van der Waals surface area contributed by atoms with Crippen LogP contribution < -0.4 is 5.32 Å². The molecule has 0 aliphatic rings. The number of hydrogen-bond donors (Lipinski definition) is 1. The number of rotatable bonds is 5. The maximum atomic E-state index is 12.9. The van der Waals surface area contributed by atoms with Crippen molar-refractivity contribution in [1.82, 2.24) is 9.88 Å². The van der Waals surface area contributed by atoms with Crippen LogP contribution >= 0.6 is 11.3 Å². The molecule has 132 valence electrons. The molecule has 3 aromatic rings. The number of carbonyl (C=O) groups is 2. The summed E-state index contributed by atoms with van der Waals surface area (Å²) < 4.78 is 13.9. The first kappa shape index (κ1) is 17.8. The van der Waals surface area contributed by atoms with E-state index in [0.29, 0.717) is 5.69 Å². The third kappa shape index (κ3) is 4.52. The molecule has 0 spiro atoms. The summed E-state index contributed by atoms with van der Waals surface area (Å²) in [5, 5.41) is 3.34. The van der Waals surface area contributed by atoms with Gasteiger partial charge in [0.1, 0.15) is 10.8 Å². The normalized spacial score (nSPS) is 11.0. The van der Waals surface area contributed by atoms with Crippen LogP contribution in [0, 0.1) is 5.82 Å². The third-order valence-corrected chi connectivity index (χ3v) is 4.57. The van der Waals surface area contributed by atoms with E-state index in [-0.39, 0.29) is 24.2 Å². The van der Waals surface area contributed by atoms with E-state index in [0.717, 1.165) is 15.2 Å². The fraction of sp³-hybridized carbons (Fsp3) is 0.105. The molecule has 0 saturated heterocycles. The number of nitrogens with zero attached hydrogens (tertiary/aromatic N) is 2. The molecule has 2 aromatic carbocycles. The highest BCUT2D eigenvalue weighted by molar-refractivity contribution is 7.19. The molecule has 1 aromatic heterocycles. The number of para-hydroxylation sites is 1. The molecule has 0 saturated carbocycles. The van der Waals surface area contributed by atoms with Crippen molar-refractivity contribution >= 4 is 45.1 Å². The number of aromatic nitrogens is 1.